The van der Waals surface area contributed by atoms with E-state index in [1.807, 2.05) is 30.3 Å². The van der Waals surface area contributed by atoms with Crippen molar-refractivity contribution in [3.8, 4) is 5.75 Å². The Morgan fingerprint density at radius 2 is 2.00 bits per heavy atom. The third kappa shape index (κ3) is 3.21. The van der Waals surface area contributed by atoms with Gasteiger partial charge in [-0.3, -0.25) is 0 Å². The highest BCUT2D eigenvalue weighted by atomic mass is 127. The van der Waals surface area contributed by atoms with Gasteiger partial charge in [-0.05, 0) is 69.4 Å². The van der Waals surface area contributed by atoms with Crippen LogP contribution >= 0.6 is 45.2 Å². The lowest BCUT2D eigenvalue weighted by Crippen LogP contribution is -1.98. The van der Waals surface area contributed by atoms with Gasteiger partial charge in [0.05, 0.1) is 16.4 Å². The zero-order chi connectivity index (χ0) is 12.3. The van der Waals surface area contributed by atoms with Gasteiger partial charge < -0.3 is 10.1 Å². The highest BCUT2D eigenvalue weighted by Crippen LogP contribution is 2.27. The molecule has 0 aliphatic heterocycles. The molecule has 1 heterocycles. The van der Waals surface area contributed by atoms with Crippen LogP contribution in [0.25, 0.3) is 0 Å². The van der Waals surface area contributed by atoms with Gasteiger partial charge in [-0.1, -0.05) is 0 Å². The number of methoxy groups -OCH3 is 1. The number of rotatable bonds is 3. The minimum Gasteiger partial charge on any atom is -0.497 e. The van der Waals surface area contributed by atoms with Crippen molar-refractivity contribution < 1.29 is 4.74 Å². The predicted molar refractivity (Wildman–Crippen MR) is 85.9 cm³/mol. The molecule has 0 saturated carbocycles. The first-order valence-corrected chi connectivity index (χ1v) is 7.07. The van der Waals surface area contributed by atoms with Crippen molar-refractivity contribution in [1.82, 2.24) is 4.98 Å². The third-order valence-corrected chi connectivity index (χ3v) is 4.00. The topological polar surface area (TPSA) is 34.1 Å². The van der Waals surface area contributed by atoms with Gasteiger partial charge in [-0.25, -0.2) is 4.98 Å². The zero-order valence-corrected chi connectivity index (χ0v) is 13.4. The Kier molecular flexibility index (Phi) is 4.43. The second-order valence-corrected chi connectivity index (χ2v) is 5.63. The molecule has 0 aliphatic rings. The minimum atomic E-state index is 0.832. The molecule has 0 spiro atoms. The summed E-state index contributed by atoms with van der Waals surface area (Å²) in [4.78, 5) is 4.31. The van der Waals surface area contributed by atoms with Gasteiger partial charge in [0.1, 0.15) is 11.6 Å². The Bertz CT molecular complexity index is 532. The minimum absolute atomic E-state index is 0.832. The lowest BCUT2D eigenvalue weighted by atomic mass is 10.3. The zero-order valence-electron chi connectivity index (χ0n) is 9.08. The molecule has 0 radical (unpaired) electrons. The fourth-order valence-electron chi connectivity index (χ4n) is 1.33. The molecule has 0 bridgehead atoms. The SMILES string of the molecule is COc1ccc(I)c(Nc2ncccc2I)c1. The van der Waals surface area contributed by atoms with E-state index in [1.54, 1.807) is 13.3 Å². The van der Waals surface area contributed by atoms with Crippen LogP contribution < -0.4 is 10.1 Å². The summed E-state index contributed by atoms with van der Waals surface area (Å²) in [5.41, 5.74) is 1.00. The van der Waals surface area contributed by atoms with Crippen LogP contribution in [0.5, 0.6) is 5.75 Å². The number of halogens is 2. The van der Waals surface area contributed by atoms with Gasteiger partial charge in [0.25, 0.3) is 0 Å². The van der Waals surface area contributed by atoms with Crippen molar-refractivity contribution in [3.63, 3.8) is 0 Å². The quantitative estimate of drug-likeness (QED) is 0.715. The summed E-state index contributed by atoms with van der Waals surface area (Å²) < 4.78 is 7.43. The summed E-state index contributed by atoms with van der Waals surface area (Å²) in [6, 6.07) is 9.85. The van der Waals surface area contributed by atoms with Crippen molar-refractivity contribution in [2.45, 2.75) is 0 Å². The molecule has 2 aromatic rings. The van der Waals surface area contributed by atoms with Crippen LogP contribution in [0.15, 0.2) is 36.5 Å². The van der Waals surface area contributed by atoms with Crippen LogP contribution in [-0.2, 0) is 0 Å². The van der Waals surface area contributed by atoms with E-state index in [9.17, 15) is 0 Å². The van der Waals surface area contributed by atoms with Gasteiger partial charge in [0, 0.05) is 15.8 Å². The van der Waals surface area contributed by atoms with Crippen LogP contribution in [0.1, 0.15) is 0 Å². The molecule has 2 rings (SSSR count). The van der Waals surface area contributed by atoms with Gasteiger partial charge in [0.2, 0.25) is 0 Å². The van der Waals surface area contributed by atoms with E-state index in [4.69, 9.17) is 4.74 Å². The molecule has 88 valence electrons. The standard InChI is InChI=1S/C12H10I2N2O/c1-17-8-4-5-9(13)11(7-8)16-12-10(14)3-2-6-15-12/h2-7H,1H3,(H,15,16). The number of ether oxygens (including phenoxy) is 1. The number of pyridine rings is 1. The molecule has 1 aromatic carbocycles. The molecule has 0 saturated heterocycles. The number of aromatic nitrogens is 1. The number of hydrogen-bond acceptors (Lipinski definition) is 3. The third-order valence-electron chi connectivity index (χ3n) is 2.19. The van der Waals surface area contributed by atoms with E-state index in [-0.39, 0.29) is 0 Å². The molecule has 0 atom stereocenters. The monoisotopic (exact) mass is 452 g/mol. The lowest BCUT2D eigenvalue weighted by Gasteiger charge is -2.10. The number of hydrogen-bond donors (Lipinski definition) is 1. The Morgan fingerprint density at radius 1 is 1.18 bits per heavy atom. The van der Waals surface area contributed by atoms with E-state index >= 15 is 0 Å². The van der Waals surface area contributed by atoms with E-state index in [0.29, 0.717) is 0 Å². The molecule has 0 aliphatic carbocycles. The number of nitrogens with one attached hydrogen (secondary N) is 1. The first-order chi connectivity index (χ1) is 8.20. The summed E-state index contributed by atoms with van der Waals surface area (Å²) in [5, 5.41) is 3.31. The van der Waals surface area contributed by atoms with Crippen LogP contribution in [0.4, 0.5) is 11.5 Å². The maximum atomic E-state index is 5.21. The smallest absolute Gasteiger partial charge is 0.143 e. The maximum Gasteiger partial charge on any atom is 0.143 e. The number of anilines is 2. The molecule has 5 heteroatoms. The van der Waals surface area contributed by atoms with Gasteiger partial charge >= 0.3 is 0 Å². The van der Waals surface area contributed by atoms with Crippen molar-refractivity contribution in [1.29, 1.82) is 0 Å². The van der Waals surface area contributed by atoms with Crippen LogP contribution in [0.2, 0.25) is 0 Å². The van der Waals surface area contributed by atoms with Crippen LogP contribution in [-0.4, -0.2) is 12.1 Å². The van der Waals surface area contributed by atoms with E-state index in [2.05, 4.69) is 55.5 Å². The van der Waals surface area contributed by atoms with Crippen LogP contribution in [0, 0.1) is 7.14 Å². The Morgan fingerprint density at radius 3 is 2.71 bits per heavy atom. The highest BCUT2D eigenvalue weighted by molar-refractivity contribution is 14.1. The molecular formula is C12H10I2N2O. The summed E-state index contributed by atoms with van der Waals surface area (Å²) in [7, 11) is 1.66. The Hall–Kier alpha value is -0.570. The van der Waals surface area contributed by atoms with Crippen molar-refractivity contribution >= 4 is 56.7 Å². The average Bonchev–Trinajstić information content (AvgIpc) is 2.35. The predicted octanol–water partition coefficient (Wildman–Crippen LogP) is 4.04. The summed E-state index contributed by atoms with van der Waals surface area (Å²) >= 11 is 4.54. The van der Waals surface area contributed by atoms with E-state index in [1.165, 1.54) is 0 Å². The molecule has 1 aromatic heterocycles. The molecular weight excluding hydrogens is 442 g/mol. The summed E-state index contributed by atoms with van der Waals surface area (Å²) in [6.45, 7) is 0. The molecule has 0 fully saturated rings. The first kappa shape index (κ1) is 12.9. The molecule has 0 unspecified atom stereocenters. The fourth-order valence-corrected chi connectivity index (χ4v) is 2.28. The second kappa shape index (κ2) is 5.85. The molecule has 0 amide bonds. The first-order valence-electron chi connectivity index (χ1n) is 4.92. The van der Waals surface area contributed by atoms with Gasteiger partial charge in [-0.2, -0.15) is 0 Å². The van der Waals surface area contributed by atoms with Crippen molar-refractivity contribution in [2.24, 2.45) is 0 Å². The molecule has 3 nitrogen and oxygen atoms in total. The molecule has 17 heavy (non-hydrogen) atoms. The van der Waals surface area contributed by atoms with Crippen molar-refractivity contribution in [3.05, 3.63) is 43.7 Å². The molecule has 1 N–H and O–H groups in total. The number of nitrogens with zero attached hydrogens (tertiary/aromatic N) is 1. The summed E-state index contributed by atoms with van der Waals surface area (Å²) in [6.07, 6.45) is 1.78. The van der Waals surface area contributed by atoms with Crippen molar-refractivity contribution in [2.75, 3.05) is 12.4 Å². The Labute approximate surface area is 127 Å². The fraction of sp³-hybridized carbons (Fsp3) is 0.0833. The largest absolute Gasteiger partial charge is 0.497 e. The van der Waals surface area contributed by atoms with E-state index in [0.717, 1.165) is 24.4 Å². The summed E-state index contributed by atoms with van der Waals surface area (Å²) in [5.74, 6) is 1.69. The van der Waals surface area contributed by atoms with Gasteiger partial charge in [-0.15, -0.1) is 0 Å². The Balaban J connectivity index is 2.32. The van der Waals surface area contributed by atoms with E-state index < -0.39 is 0 Å². The van der Waals surface area contributed by atoms with Gasteiger partial charge in [0.15, 0.2) is 0 Å². The van der Waals surface area contributed by atoms with Crippen LogP contribution in [0.3, 0.4) is 0 Å². The lowest BCUT2D eigenvalue weighted by molar-refractivity contribution is 0.415. The normalized spacial score (nSPS) is 10.1. The second-order valence-electron chi connectivity index (χ2n) is 3.30. The number of benzene rings is 1. The average molecular weight is 452 g/mol. The highest BCUT2D eigenvalue weighted by Gasteiger charge is 2.05. The maximum absolute atomic E-state index is 5.21.